The number of aryl methyl sites for hydroxylation is 1. The fourth-order valence-electron chi connectivity index (χ4n) is 1.99. The first kappa shape index (κ1) is 20.5. The number of anilines is 1. The van der Waals surface area contributed by atoms with Gasteiger partial charge in [0.1, 0.15) is 11.6 Å². The van der Waals surface area contributed by atoms with Crippen LogP contribution in [0.2, 0.25) is 0 Å². The first-order chi connectivity index (χ1) is 11.6. The summed E-state index contributed by atoms with van der Waals surface area (Å²) in [5, 5.41) is 5.25. The van der Waals surface area contributed by atoms with Crippen LogP contribution in [0.1, 0.15) is 39.7 Å². The van der Waals surface area contributed by atoms with E-state index < -0.39 is 17.7 Å². The van der Waals surface area contributed by atoms with Crippen molar-refractivity contribution in [3.63, 3.8) is 0 Å². The molecule has 2 amide bonds. The van der Waals surface area contributed by atoms with Gasteiger partial charge in [-0.2, -0.15) is 0 Å². The van der Waals surface area contributed by atoms with Gasteiger partial charge in [0, 0.05) is 12.1 Å². The Labute approximate surface area is 148 Å². The van der Waals surface area contributed by atoms with E-state index in [-0.39, 0.29) is 18.3 Å². The maximum Gasteiger partial charge on any atom is 0.408 e. The lowest BCUT2D eigenvalue weighted by Gasteiger charge is -2.22. The number of hydrogen-bond acceptors (Lipinski definition) is 5. The molecule has 138 valence electrons. The van der Waals surface area contributed by atoms with Crippen LogP contribution in [-0.2, 0) is 25.5 Å². The number of benzene rings is 1. The number of amides is 2. The van der Waals surface area contributed by atoms with Crippen LogP contribution in [0, 0.1) is 0 Å². The summed E-state index contributed by atoms with van der Waals surface area (Å²) in [6.07, 6.45) is 0.000611. The molecule has 0 saturated heterocycles. The van der Waals surface area contributed by atoms with Gasteiger partial charge in [0.15, 0.2) is 0 Å². The Morgan fingerprint density at radius 1 is 1.16 bits per heavy atom. The second kappa shape index (κ2) is 9.05. The molecule has 0 bridgehead atoms. The van der Waals surface area contributed by atoms with E-state index in [1.54, 1.807) is 39.8 Å². The van der Waals surface area contributed by atoms with Gasteiger partial charge in [0.25, 0.3) is 0 Å². The summed E-state index contributed by atoms with van der Waals surface area (Å²) in [6.45, 7) is 6.80. The van der Waals surface area contributed by atoms with Gasteiger partial charge < -0.3 is 20.1 Å². The quantitative estimate of drug-likeness (QED) is 0.769. The molecule has 0 aliphatic carbocycles. The molecule has 0 aromatic heterocycles. The molecule has 0 radical (unpaired) electrons. The van der Waals surface area contributed by atoms with Crippen molar-refractivity contribution in [2.45, 2.75) is 52.2 Å². The van der Waals surface area contributed by atoms with Crippen LogP contribution in [-0.4, -0.2) is 36.7 Å². The Morgan fingerprint density at radius 3 is 2.40 bits per heavy atom. The zero-order valence-corrected chi connectivity index (χ0v) is 15.3. The zero-order chi connectivity index (χ0) is 19.0. The minimum absolute atomic E-state index is 0.217. The summed E-state index contributed by atoms with van der Waals surface area (Å²) in [4.78, 5) is 35.3. The Kier molecular flexibility index (Phi) is 7.42. The Bertz CT molecular complexity index is 622. The molecule has 1 atom stereocenters. The molecule has 1 aromatic rings. The lowest BCUT2D eigenvalue weighted by molar-refractivity contribution is -0.140. The van der Waals surface area contributed by atoms with E-state index in [9.17, 15) is 14.4 Å². The monoisotopic (exact) mass is 350 g/mol. The minimum atomic E-state index is -0.775. The van der Waals surface area contributed by atoms with Crippen LogP contribution in [0.25, 0.3) is 0 Å². The first-order valence-corrected chi connectivity index (χ1v) is 8.07. The highest BCUT2D eigenvalue weighted by Crippen LogP contribution is 2.17. The number of para-hydroxylation sites is 1. The van der Waals surface area contributed by atoms with Crippen LogP contribution in [0.4, 0.5) is 10.5 Å². The predicted molar refractivity (Wildman–Crippen MR) is 94.2 cm³/mol. The zero-order valence-electron chi connectivity index (χ0n) is 15.3. The number of carbonyl (C=O) groups is 3. The van der Waals surface area contributed by atoms with Crippen molar-refractivity contribution in [1.82, 2.24) is 5.32 Å². The average Bonchev–Trinajstić information content (AvgIpc) is 2.51. The van der Waals surface area contributed by atoms with Crippen LogP contribution in [0.5, 0.6) is 0 Å². The second-order valence-corrected chi connectivity index (χ2v) is 6.59. The molecule has 7 nitrogen and oxygen atoms in total. The summed E-state index contributed by atoms with van der Waals surface area (Å²) >= 11 is 0. The van der Waals surface area contributed by atoms with E-state index in [2.05, 4.69) is 15.4 Å². The number of esters is 1. The summed E-state index contributed by atoms with van der Waals surface area (Å²) in [5.41, 5.74) is 0.765. The van der Waals surface area contributed by atoms with Crippen LogP contribution < -0.4 is 10.6 Å². The highest BCUT2D eigenvalue weighted by Gasteiger charge is 2.21. The molecule has 0 aliphatic heterocycles. The fraction of sp³-hybridized carbons (Fsp3) is 0.500. The molecule has 0 aliphatic rings. The smallest absolute Gasteiger partial charge is 0.408 e. The third-order valence-electron chi connectivity index (χ3n) is 3.23. The van der Waals surface area contributed by atoms with Crippen molar-refractivity contribution >= 4 is 23.7 Å². The van der Waals surface area contributed by atoms with Gasteiger partial charge >= 0.3 is 12.1 Å². The van der Waals surface area contributed by atoms with E-state index in [0.717, 1.165) is 5.56 Å². The average molecular weight is 350 g/mol. The van der Waals surface area contributed by atoms with Gasteiger partial charge in [0.2, 0.25) is 5.91 Å². The van der Waals surface area contributed by atoms with Crippen molar-refractivity contribution in [3.05, 3.63) is 29.8 Å². The van der Waals surface area contributed by atoms with E-state index >= 15 is 0 Å². The highest BCUT2D eigenvalue weighted by molar-refractivity contribution is 5.96. The van der Waals surface area contributed by atoms with Gasteiger partial charge in [-0.15, -0.1) is 0 Å². The maximum atomic E-state index is 12.3. The fourth-order valence-corrected chi connectivity index (χ4v) is 1.99. The number of carbonyl (C=O) groups excluding carboxylic acids is 3. The van der Waals surface area contributed by atoms with Gasteiger partial charge in [0.05, 0.1) is 7.11 Å². The predicted octanol–water partition coefficient (Wildman–Crippen LogP) is 2.64. The Hall–Kier alpha value is -2.57. The SMILES string of the molecule is COC(=O)CCc1ccccc1NC(=O)[C@H](C)NC(=O)OC(C)(C)C. The van der Waals surface area contributed by atoms with Crippen LogP contribution in [0.15, 0.2) is 24.3 Å². The third-order valence-corrected chi connectivity index (χ3v) is 3.23. The molecule has 2 N–H and O–H groups in total. The lowest BCUT2D eigenvalue weighted by Crippen LogP contribution is -2.44. The van der Waals surface area contributed by atoms with Crippen LogP contribution >= 0.6 is 0 Å². The molecular weight excluding hydrogens is 324 g/mol. The van der Waals surface area contributed by atoms with Crippen molar-refractivity contribution in [2.24, 2.45) is 0 Å². The molecule has 0 fully saturated rings. The van der Waals surface area contributed by atoms with Gasteiger partial charge in [-0.25, -0.2) is 4.79 Å². The molecular formula is C18H26N2O5. The summed E-state index contributed by atoms with van der Waals surface area (Å²) < 4.78 is 9.76. The summed E-state index contributed by atoms with van der Waals surface area (Å²) in [7, 11) is 1.33. The third kappa shape index (κ3) is 7.69. The molecule has 0 saturated carbocycles. The number of rotatable bonds is 6. The Balaban J connectivity index is 2.67. The maximum absolute atomic E-state index is 12.3. The number of methoxy groups -OCH3 is 1. The lowest BCUT2D eigenvalue weighted by atomic mass is 10.1. The summed E-state index contributed by atoms with van der Waals surface area (Å²) in [5.74, 6) is -0.697. The van der Waals surface area contributed by atoms with Crippen molar-refractivity contribution in [1.29, 1.82) is 0 Å². The van der Waals surface area contributed by atoms with E-state index in [1.165, 1.54) is 7.11 Å². The van der Waals surface area contributed by atoms with E-state index in [4.69, 9.17) is 4.74 Å². The molecule has 25 heavy (non-hydrogen) atoms. The largest absolute Gasteiger partial charge is 0.469 e. The first-order valence-electron chi connectivity index (χ1n) is 8.07. The highest BCUT2D eigenvalue weighted by atomic mass is 16.6. The number of hydrogen-bond donors (Lipinski definition) is 2. The molecule has 7 heteroatoms. The van der Waals surface area contributed by atoms with Crippen LogP contribution in [0.3, 0.4) is 0 Å². The molecule has 0 unspecified atom stereocenters. The number of nitrogens with one attached hydrogen (secondary N) is 2. The molecule has 1 aromatic carbocycles. The van der Waals surface area contributed by atoms with Crippen molar-refractivity contribution in [3.8, 4) is 0 Å². The summed E-state index contributed by atoms with van der Waals surface area (Å²) in [6, 6.07) is 6.40. The van der Waals surface area contributed by atoms with Crippen molar-refractivity contribution < 1.29 is 23.9 Å². The second-order valence-electron chi connectivity index (χ2n) is 6.59. The number of alkyl carbamates (subject to hydrolysis) is 1. The van der Waals surface area contributed by atoms with Gasteiger partial charge in [-0.1, -0.05) is 18.2 Å². The van der Waals surface area contributed by atoms with Crippen molar-refractivity contribution in [2.75, 3.05) is 12.4 Å². The number of ether oxygens (including phenoxy) is 2. The molecule has 1 rings (SSSR count). The minimum Gasteiger partial charge on any atom is -0.469 e. The molecule has 0 spiro atoms. The normalized spacial score (nSPS) is 12.0. The van der Waals surface area contributed by atoms with Gasteiger partial charge in [-0.05, 0) is 45.7 Å². The topological polar surface area (TPSA) is 93.7 Å². The van der Waals surface area contributed by atoms with E-state index in [1.807, 2.05) is 12.1 Å². The standard InChI is InChI=1S/C18H26N2O5/c1-12(19-17(23)25-18(2,3)4)16(22)20-14-9-7-6-8-13(14)10-11-15(21)24-5/h6-9,12H,10-11H2,1-5H3,(H,19,23)(H,20,22)/t12-/m0/s1. The Morgan fingerprint density at radius 2 is 1.80 bits per heavy atom. The molecule has 0 heterocycles. The van der Waals surface area contributed by atoms with Gasteiger partial charge in [-0.3, -0.25) is 9.59 Å². The van der Waals surface area contributed by atoms with E-state index in [0.29, 0.717) is 12.1 Å².